The van der Waals surface area contributed by atoms with E-state index < -0.39 is 0 Å². The molecular formula is C12H15N3O. The third-order valence-electron chi connectivity index (χ3n) is 2.20. The molecule has 0 aliphatic heterocycles. The van der Waals surface area contributed by atoms with Gasteiger partial charge in [0.05, 0.1) is 6.10 Å². The van der Waals surface area contributed by atoms with Gasteiger partial charge in [0.25, 0.3) is 0 Å². The highest BCUT2D eigenvalue weighted by Crippen LogP contribution is 2.10. The number of hydrogen-bond acceptors (Lipinski definition) is 3. The summed E-state index contributed by atoms with van der Waals surface area (Å²) in [6, 6.07) is 9.99. The molecule has 1 heterocycles. The largest absolute Gasteiger partial charge is 0.371 e. The minimum Gasteiger partial charge on any atom is -0.371 e. The van der Waals surface area contributed by atoms with E-state index in [9.17, 15) is 0 Å². The van der Waals surface area contributed by atoms with E-state index in [-0.39, 0.29) is 6.10 Å². The summed E-state index contributed by atoms with van der Waals surface area (Å²) in [7, 11) is 0. The maximum atomic E-state index is 5.53. The van der Waals surface area contributed by atoms with Gasteiger partial charge in [-0.05, 0) is 26.0 Å². The first-order valence-electron chi connectivity index (χ1n) is 5.33. The van der Waals surface area contributed by atoms with Crippen LogP contribution in [0.5, 0.6) is 0 Å². The van der Waals surface area contributed by atoms with Crippen LogP contribution < -0.4 is 0 Å². The molecule has 0 unspecified atom stereocenters. The molecule has 0 aliphatic rings. The Balaban J connectivity index is 2.19. The number of hydrogen-bond donors (Lipinski definition) is 0. The summed E-state index contributed by atoms with van der Waals surface area (Å²) in [4.78, 5) is 0. The molecule has 0 saturated carbocycles. The lowest BCUT2D eigenvalue weighted by Crippen LogP contribution is -2.07. The van der Waals surface area contributed by atoms with Crippen LogP contribution in [0.4, 0.5) is 0 Å². The van der Waals surface area contributed by atoms with Crippen LogP contribution in [0.2, 0.25) is 0 Å². The van der Waals surface area contributed by atoms with E-state index in [0.29, 0.717) is 6.61 Å². The van der Waals surface area contributed by atoms with Crippen LogP contribution in [0.3, 0.4) is 0 Å². The van der Waals surface area contributed by atoms with E-state index in [4.69, 9.17) is 4.74 Å². The SMILES string of the molecule is CC(C)OCc1nncn1-c1ccccc1. The van der Waals surface area contributed by atoms with E-state index in [1.807, 2.05) is 48.7 Å². The Morgan fingerprint density at radius 2 is 2.00 bits per heavy atom. The number of aromatic nitrogens is 3. The highest BCUT2D eigenvalue weighted by molar-refractivity contribution is 5.31. The molecule has 4 nitrogen and oxygen atoms in total. The first-order valence-corrected chi connectivity index (χ1v) is 5.33. The quantitative estimate of drug-likeness (QED) is 0.788. The average Bonchev–Trinajstić information content (AvgIpc) is 2.75. The van der Waals surface area contributed by atoms with Crippen LogP contribution >= 0.6 is 0 Å². The van der Waals surface area contributed by atoms with Crippen LogP contribution in [-0.4, -0.2) is 20.9 Å². The normalized spacial score (nSPS) is 10.9. The third kappa shape index (κ3) is 2.46. The molecule has 16 heavy (non-hydrogen) atoms. The molecule has 0 fully saturated rings. The summed E-state index contributed by atoms with van der Waals surface area (Å²) < 4.78 is 7.46. The van der Waals surface area contributed by atoms with E-state index in [0.717, 1.165) is 11.5 Å². The molecule has 0 spiro atoms. The summed E-state index contributed by atoms with van der Waals surface area (Å²) in [6.07, 6.45) is 1.90. The average molecular weight is 217 g/mol. The maximum Gasteiger partial charge on any atom is 0.163 e. The van der Waals surface area contributed by atoms with Crippen LogP contribution in [0.25, 0.3) is 5.69 Å². The van der Waals surface area contributed by atoms with Crippen molar-refractivity contribution in [3.8, 4) is 5.69 Å². The molecule has 0 saturated heterocycles. The van der Waals surface area contributed by atoms with Crippen LogP contribution in [0, 0.1) is 0 Å². The number of ether oxygens (including phenoxy) is 1. The van der Waals surface area contributed by atoms with Gasteiger partial charge in [-0.1, -0.05) is 18.2 Å². The smallest absolute Gasteiger partial charge is 0.163 e. The summed E-state index contributed by atoms with van der Waals surface area (Å²) in [5, 5.41) is 7.96. The summed E-state index contributed by atoms with van der Waals surface area (Å²) in [5.74, 6) is 0.819. The van der Waals surface area contributed by atoms with Crippen molar-refractivity contribution in [2.24, 2.45) is 0 Å². The fraction of sp³-hybridized carbons (Fsp3) is 0.333. The van der Waals surface area contributed by atoms with Crippen LogP contribution in [0.15, 0.2) is 36.7 Å². The lowest BCUT2D eigenvalue weighted by atomic mass is 10.3. The van der Waals surface area contributed by atoms with E-state index >= 15 is 0 Å². The predicted molar refractivity (Wildman–Crippen MR) is 61.3 cm³/mol. The molecule has 2 rings (SSSR count). The van der Waals surface area contributed by atoms with Crippen LogP contribution in [-0.2, 0) is 11.3 Å². The zero-order valence-electron chi connectivity index (χ0n) is 9.50. The fourth-order valence-electron chi connectivity index (χ4n) is 1.40. The lowest BCUT2D eigenvalue weighted by molar-refractivity contribution is 0.0604. The van der Waals surface area contributed by atoms with Gasteiger partial charge in [-0.15, -0.1) is 10.2 Å². The van der Waals surface area contributed by atoms with Gasteiger partial charge >= 0.3 is 0 Å². The van der Waals surface area contributed by atoms with E-state index in [1.165, 1.54) is 0 Å². The Hall–Kier alpha value is -1.68. The molecule has 1 aromatic carbocycles. The fourth-order valence-corrected chi connectivity index (χ4v) is 1.40. The Labute approximate surface area is 94.9 Å². The van der Waals surface area contributed by atoms with Crippen molar-refractivity contribution in [3.63, 3.8) is 0 Å². The summed E-state index contributed by atoms with van der Waals surface area (Å²) in [5.41, 5.74) is 1.05. The maximum absolute atomic E-state index is 5.53. The third-order valence-corrected chi connectivity index (χ3v) is 2.20. The Kier molecular flexibility index (Phi) is 3.31. The minimum absolute atomic E-state index is 0.195. The Morgan fingerprint density at radius 1 is 1.25 bits per heavy atom. The minimum atomic E-state index is 0.195. The van der Waals surface area contributed by atoms with Gasteiger partial charge < -0.3 is 4.74 Å². The predicted octanol–water partition coefficient (Wildman–Crippen LogP) is 2.19. The van der Waals surface area contributed by atoms with Crippen molar-refractivity contribution in [3.05, 3.63) is 42.5 Å². The summed E-state index contributed by atoms with van der Waals surface area (Å²) in [6.45, 7) is 4.49. The standard InChI is InChI=1S/C12H15N3O/c1-10(2)16-8-12-14-13-9-15(12)11-6-4-3-5-7-11/h3-7,9-10H,8H2,1-2H3. The van der Waals surface area contributed by atoms with Gasteiger partial charge in [-0.3, -0.25) is 4.57 Å². The Morgan fingerprint density at radius 3 is 2.69 bits per heavy atom. The van der Waals surface area contributed by atoms with Crippen molar-refractivity contribution in [1.29, 1.82) is 0 Å². The molecule has 0 N–H and O–H groups in total. The molecule has 0 radical (unpaired) electrons. The molecule has 0 bridgehead atoms. The van der Waals surface area contributed by atoms with Crippen molar-refractivity contribution in [2.45, 2.75) is 26.6 Å². The molecule has 0 atom stereocenters. The molecule has 2 aromatic rings. The number of benzene rings is 1. The van der Waals surface area contributed by atoms with Gasteiger partial charge in [-0.2, -0.15) is 0 Å². The monoisotopic (exact) mass is 217 g/mol. The topological polar surface area (TPSA) is 39.9 Å². The first-order chi connectivity index (χ1) is 7.77. The summed E-state index contributed by atoms with van der Waals surface area (Å²) >= 11 is 0. The van der Waals surface area contributed by atoms with Crippen molar-refractivity contribution in [2.75, 3.05) is 0 Å². The highest BCUT2D eigenvalue weighted by Gasteiger charge is 2.06. The molecular weight excluding hydrogens is 202 g/mol. The first kappa shape index (κ1) is 10.8. The van der Waals surface area contributed by atoms with E-state index in [1.54, 1.807) is 6.33 Å². The van der Waals surface area contributed by atoms with Gasteiger partial charge in [0, 0.05) is 5.69 Å². The van der Waals surface area contributed by atoms with Gasteiger partial charge in [0.1, 0.15) is 12.9 Å². The second kappa shape index (κ2) is 4.90. The molecule has 84 valence electrons. The van der Waals surface area contributed by atoms with Gasteiger partial charge in [0.2, 0.25) is 0 Å². The number of rotatable bonds is 4. The van der Waals surface area contributed by atoms with Crippen molar-refractivity contribution >= 4 is 0 Å². The zero-order valence-corrected chi connectivity index (χ0v) is 9.50. The second-order valence-electron chi connectivity index (χ2n) is 3.81. The lowest BCUT2D eigenvalue weighted by Gasteiger charge is -2.08. The van der Waals surface area contributed by atoms with Crippen molar-refractivity contribution in [1.82, 2.24) is 14.8 Å². The van der Waals surface area contributed by atoms with Crippen molar-refractivity contribution < 1.29 is 4.74 Å². The molecule has 0 amide bonds. The molecule has 1 aromatic heterocycles. The van der Waals surface area contributed by atoms with Gasteiger partial charge in [0.15, 0.2) is 5.82 Å². The molecule has 0 aliphatic carbocycles. The number of para-hydroxylation sites is 1. The van der Waals surface area contributed by atoms with Crippen LogP contribution in [0.1, 0.15) is 19.7 Å². The molecule has 4 heteroatoms. The Bertz CT molecular complexity index is 437. The van der Waals surface area contributed by atoms with E-state index in [2.05, 4.69) is 10.2 Å². The zero-order chi connectivity index (χ0) is 11.4. The van der Waals surface area contributed by atoms with Gasteiger partial charge in [-0.25, -0.2) is 0 Å². The number of nitrogens with zero attached hydrogens (tertiary/aromatic N) is 3. The second-order valence-corrected chi connectivity index (χ2v) is 3.81. The highest BCUT2D eigenvalue weighted by atomic mass is 16.5.